The molecule has 12 heavy (non-hydrogen) atoms. The third-order valence-electron chi connectivity index (χ3n) is 1.12. The molecule has 0 saturated carbocycles. The van der Waals surface area contributed by atoms with Crippen molar-refractivity contribution in [3.63, 3.8) is 0 Å². The van der Waals surface area contributed by atoms with Crippen molar-refractivity contribution in [2.45, 2.75) is 6.92 Å². The van der Waals surface area contributed by atoms with Crippen LogP contribution in [0.5, 0.6) is 0 Å². The van der Waals surface area contributed by atoms with Gasteiger partial charge in [0.2, 0.25) is 5.88 Å². The summed E-state index contributed by atoms with van der Waals surface area (Å²) in [6, 6.07) is 3.54. The SMILES string of the molecule is CCOC(=C(C#N)C#N)N(C)C. The highest BCUT2D eigenvalue weighted by molar-refractivity contribution is 5.37. The van der Waals surface area contributed by atoms with E-state index in [0.29, 0.717) is 12.5 Å². The summed E-state index contributed by atoms with van der Waals surface area (Å²) in [5.74, 6) is 0.322. The summed E-state index contributed by atoms with van der Waals surface area (Å²) in [5.41, 5.74) is 0.00171. The predicted octanol–water partition coefficient (Wildman–Crippen LogP) is 0.843. The van der Waals surface area contributed by atoms with Gasteiger partial charge in [0.1, 0.15) is 12.1 Å². The molecule has 0 aliphatic carbocycles. The number of nitrogens with zero attached hydrogens (tertiary/aromatic N) is 3. The Morgan fingerprint density at radius 2 is 1.83 bits per heavy atom. The number of ether oxygens (including phenoxy) is 1. The summed E-state index contributed by atoms with van der Waals surface area (Å²) in [5, 5.41) is 17.1. The quantitative estimate of drug-likeness (QED) is 0.459. The van der Waals surface area contributed by atoms with E-state index < -0.39 is 0 Å². The van der Waals surface area contributed by atoms with Gasteiger partial charge in [0.15, 0.2) is 5.57 Å². The topological polar surface area (TPSA) is 60.0 Å². The van der Waals surface area contributed by atoms with Crippen LogP contribution >= 0.6 is 0 Å². The van der Waals surface area contributed by atoms with Crippen molar-refractivity contribution in [2.75, 3.05) is 20.7 Å². The summed E-state index contributed by atoms with van der Waals surface area (Å²) < 4.78 is 5.11. The minimum absolute atomic E-state index is 0.00171. The van der Waals surface area contributed by atoms with Gasteiger partial charge >= 0.3 is 0 Å². The predicted molar refractivity (Wildman–Crippen MR) is 43.6 cm³/mol. The zero-order chi connectivity index (χ0) is 9.56. The molecule has 0 heterocycles. The molecule has 0 rings (SSSR count). The van der Waals surface area contributed by atoms with Gasteiger partial charge in [0.05, 0.1) is 6.61 Å². The van der Waals surface area contributed by atoms with E-state index in [9.17, 15) is 0 Å². The van der Waals surface area contributed by atoms with Gasteiger partial charge in [-0.3, -0.25) is 0 Å². The molecule has 0 unspecified atom stereocenters. The van der Waals surface area contributed by atoms with Crippen LogP contribution in [0.25, 0.3) is 0 Å². The van der Waals surface area contributed by atoms with Gasteiger partial charge in [-0.1, -0.05) is 0 Å². The zero-order valence-corrected chi connectivity index (χ0v) is 7.46. The molecular weight excluding hydrogens is 154 g/mol. The molecule has 0 aliphatic heterocycles. The fourth-order valence-corrected chi connectivity index (χ4v) is 0.682. The molecule has 0 amide bonds. The second-order valence-corrected chi connectivity index (χ2v) is 2.23. The number of allylic oxidation sites excluding steroid dienone is 1. The van der Waals surface area contributed by atoms with E-state index in [0.717, 1.165) is 0 Å². The summed E-state index contributed by atoms with van der Waals surface area (Å²) in [4.78, 5) is 1.60. The molecule has 0 aromatic rings. The van der Waals surface area contributed by atoms with Crippen LogP contribution in [0.4, 0.5) is 0 Å². The van der Waals surface area contributed by atoms with Crippen molar-refractivity contribution in [3.8, 4) is 12.1 Å². The Labute approximate surface area is 72.3 Å². The zero-order valence-electron chi connectivity index (χ0n) is 7.46. The summed E-state index contributed by atoms with van der Waals surface area (Å²) >= 11 is 0. The van der Waals surface area contributed by atoms with Crippen molar-refractivity contribution >= 4 is 0 Å². The number of nitriles is 2. The normalized spacial score (nSPS) is 7.75. The van der Waals surface area contributed by atoms with Crippen molar-refractivity contribution in [2.24, 2.45) is 0 Å². The Balaban J connectivity index is 4.83. The fourth-order valence-electron chi connectivity index (χ4n) is 0.682. The molecule has 4 nitrogen and oxygen atoms in total. The van der Waals surface area contributed by atoms with Gasteiger partial charge < -0.3 is 9.64 Å². The summed E-state index contributed by atoms with van der Waals surface area (Å²) in [7, 11) is 3.44. The van der Waals surface area contributed by atoms with Crippen LogP contribution in [0.3, 0.4) is 0 Å². The first-order valence-corrected chi connectivity index (χ1v) is 3.52. The van der Waals surface area contributed by atoms with Crippen LogP contribution in [0, 0.1) is 22.7 Å². The lowest BCUT2D eigenvalue weighted by Gasteiger charge is -2.16. The first-order chi connectivity index (χ1) is 5.67. The Morgan fingerprint density at radius 3 is 2.08 bits per heavy atom. The molecule has 0 aromatic heterocycles. The lowest BCUT2D eigenvalue weighted by Crippen LogP contribution is -2.15. The minimum atomic E-state index is 0.00171. The van der Waals surface area contributed by atoms with E-state index in [4.69, 9.17) is 15.3 Å². The number of rotatable bonds is 3. The largest absolute Gasteiger partial charge is 0.478 e. The van der Waals surface area contributed by atoms with Crippen molar-refractivity contribution < 1.29 is 4.74 Å². The third kappa shape index (κ3) is 2.51. The molecule has 0 spiro atoms. The van der Waals surface area contributed by atoms with E-state index >= 15 is 0 Å². The van der Waals surface area contributed by atoms with Crippen molar-refractivity contribution in [3.05, 3.63) is 11.5 Å². The first-order valence-electron chi connectivity index (χ1n) is 3.52. The molecule has 0 aliphatic rings. The minimum Gasteiger partial charge on any atom is -0.478 e. The van der Waals surface area contributed by atoms with E-state index in [2.05, 4.69) is 0 Å². The Bertz CT molecular complexity index is 238. The molecule has 0 aromatic carbocycles. The highest BCUT2D eigenvalue weighted by Crippen LogP contribution is 2.06. The van der Waals surface area contributed by atoms with E-state index in [1.165, 1.54) is 0 Å². The van der Waals surface area contributed by atoms with Crippen LogP contribution < -0.4 is 0 Å². The molecule has 0 fully saturated rings. The van der Waals surface area contributed by atoms with Gasteiger partial charge in [-0.15, -0.1) is 0 Å². The van der Waals surface area contributed by atoms with Gasteiger partial charge in [-0.2, -0.15) is 10.5 Å². The van der Waals surface area contributed by atoms with Crippen LogP contribution in [0.1, 0.15) is 6.92 Å². The molecular formula is C8H11N3O. The van der Waals surface area contributed by atoms with Gasteiger partial charge in [-0.25, -0.2) is 0 Å². The van der Waals surface area contributed by atoms with Crippen LogP contribution in [0.15, 0.2) is 11.5 Å². The molecule has 0 bridgehead atoms. The highest BCUT2D eigenvalue weighted by atomic mass is 16.5. The molecule has 4 heteroatoms. The van der Waals surface area contributed by atoms with Crippen LogP contribution in [0.2, 0.25) is 0 Å². The molecule has 0 atom stereocenters. The lowest BCUT2D eigenvalue weighted by atomic mass is 10.3. The smallest absolute Gasteiger partial charge is 0.218 e. The second kappa shape index (κ2) is 5.03. The van der Waals surface area contributed by atoms with E-state index in [1.54, 1.807) is 38.1 Å². The Kier molecular flexibility index (Phi) is 4.33. The van der Waals surface area contributed by atoms with Crippen molar-refractivity contribution in [1.82, 2.24) is 4.90 Å². The third-order valence-corrected chi connectivity index (χ3v) is 1.12. The monoisotopic (exact) mass is 165 g/mol. The number of hydrogen-bond acceptors (Lipinski definition) is 4. The van der Waals surface area contributed by atoms with Crippen LogP contribution in [-0.2, 0) is 4.74 Å². The molecule has 64 valence electrons. The Morgan fingerprint density at radius 1 is 1.33 bits per heavy atom. The average molecular weight is 165 g/mol. The summed E-state index contributed by atoms with van der Waals surface area (Å²) in [6.07, 6.45) is 0. The molecule has 0 radical (unpaired) electrons. The maximum Gasteiger partial charge on any atom is 0.218 e. The Hall–Kier alpha value is -1.68. The maximum absolute atomic E-state index is 8.53. The van der Waals surface area contributed by atoms with Gasteiger partial charge in [0.25, 0.3) is 0 Å². The van der Waals surface area contributed by atoms with Gasteiger partial charge in [-0.05, 0) is 6.92 Å². The van der Waals surface area contributed by atoms with Gasteiger partial charge in [0, 0.05) is 14.1 Å². The second-order valence-electron chi connectivity index (χ2n) is 2.23. The van der Waals surface area contributed by atoms with Crippen molar-refractivity contribution in [1.29, 1.82) is 10.5 Å². The molecule has 0 saturated heterocycles. The first kappa shape index (κ1) is 10.3. The standard InChI is InChI=1S/C8H11N3O/c1-4-12-8(11(2)3)7(5-9)6-10/h4H2,1-3H3. The van der Waals surface area contributed by atoms with Crippen LogP contribution in [-0.4, -0.2) is 25.6 Å². The lowest BCUT2D eigenvalue weighted by molar-refractivity contribution is 0.150. The molecule has 0 N–H and O–H groups in total. The van der Waals surface area contributed by atoms with E-state index in [-0.39, 0.29) is 5.57 Å². The van der Waals surface area contributed by atoms with E-state index in [1.807, 2.05) is 0 Å². The number of hydrogen-bond donors (Lipinski definition) is 0. The summed E-state index contributed by atoms with van der Waals surface area (Å²) in [6.45, 7) is 2.25. The fraction of sp³-hybridized carbons (Fsp3) is 0.500. The highest BCUT2D eigenvalue weighted by Gasteiger charge is 2.08. The maximum atomic E-state index is 8.53. The average Bonchev–Trinajstić information content (AvgIpc) is 2.05.